The molecule has 6 nitrogen and oxygen atoms in total. The van der Waals surface area contributed by atoms with Gasteiger partial charge in [-0.25, -0.2) is 0 Å². The van der Waals surface area contributed by atoms with Gasteiger partial charge in [0, 0.05) is 51.6 Å². The zero-order chi connectivity index (χ0) is 18.5. The number of nitrogens with zero attached hydrogens (tertiary/aromatic N) is 3. The number of nitrogens with one attached hydrogen (secondary N) is 1. The van der Waals surface area contributed by atoms with E-state index >= 15 is 0 Å². The lowest BCUT2D eigenvalue weighted by atomic mass is 10.2. The number of hydrogen-bond acceptors (Lipinski definition) is 3. The van der Waals surface area contributed by atoms with E-state index in [9.17, 15) is 0 Å². The Morgan fingerprint density at radius 1 is 1.35 bits per heavy atom. The molecular weight excluding hydrogens is 352 g/mol. The first kappa shape index (κ1) is 18.5. The summed E-state index contributed by atoms with van der Waals surface area (Å²) in [7, 11) is 5.77. The maximum atomic E-state index is 6.07. The predicted molar refractivity (Wildman–Crippen MR) is 104 cm³/mol. The number of benzene rings is 1. The molecule has 0 saturated carbocycles. The van der Waals surface area contributed by atoms with Crippen molar-refractivity contribution < 1.29 is 9.47 Å². The van der Waals surface area contributed by atoms with Gasteiger partial charge in [-0.3, -0.25) is 4.99 Å². The van der Waals surface area contributed by atoms with Crippen LogP contribution < -0.4 is 14.8 Å². The molecule has 2 aromatic rings. The summed E-state index contributed by atoms with van der Waals surface area (Å²) < 4.78 is 13.7. The number of fused-ring (bicyclic) bond motifs is 1. The summed E-state index contributed by atoms with van der Waals surface area (Å²) in [5.41, 5.74) is 2.17. The highest BCUT2D eigenvalue weighted by molar-refractivity contribution is 6.30. The largest absolute Gasteiger partial charge is 0.490 e. The average Bonchev–Trinajstić information content (AvgIpc) is 2.82. The normalized spacial score (nSPS) is 14.1. The fraction of sp³-hybridized carbons (Fsp3) is 0.421. The van der Waals surface area contributed by atoms with Gasteiger partial charge in [-0.15, -0.1) is 0 Å². The van der Waals surface area contributed by atoms with Gasteiger partial charge in [-0.2, -0.15) is 0 Å². The highest BCUT2D eigenvalue weighted by Crippen LogP contribution is 2.33. The fourth-order valence-corrected chi connectivity index (χ4v) is 3.27. The van der Waals surface area contributed by atoms with E-state index < -0.39 is 0 Å². The van der Waals surface area contributed by atoms with Gasteiger partial charge in [0.05, 0.1) is 24.8 Å². The van der Waals surface area contributed by atoms with Crippen molar-refractivity contribution >= 4 is 17.6 Å². The van der Waals surface area contributed by atoms with Gasteiger partial charge in [-0.1, -0.05) is 23.7 Å². The van der Waals surface area contributed by atoms with Crippen LogP contribution in [0.1, 0.15) is 17.7 Å². The first-order valence-corrected chi connectivity index (χ1v) is 9.06. The van der Waals surface area contributed by atoms with Crippen LogP contribution in [0.4, 0.5) is 0 Å². The molecule has 1 aromatic heterocycles. The molecule has 1 aromatic carbocycles. The molecule has 0 fully saturated rings. The SMILES string of the molecule is CN=C(NCc1cccc2c1OCCCO2)N(C)Cc1cc(Cl)cn1C. The molecule has 2 heterocycles. The molecule has 0 spiro atoms. The van der Waals surface area contributed by atoms with Gasteiger partial charge >= 0.3 is 0 Å². The summed E-state index contributed by atoms with van der Waals surface area (Å²) in [4.78, 5) is 6.44. The van der Waals surface area contributed by atoms with Crippen molar-refractivity contribution in [3.8, 4) is 11.5 Å². The van der Waals surface area contributed by atoms with Crippen molar-refractivity contribution in [3.05, 3.63) is 46.7 Å². The molecule has 1 N–H and O–H groups in total. The Morgan fingerprint density at radius 3 is 2.88 bits per heavy atom. The van der Waals surface area contributed by atoms with E-state index in [2.05, 4.69) is 15.2 Å². The van der Waals surface area contributed by atoms with E-state index in [-0.39, 0.29) is 0 Å². The third kappa shape index (κ3) is 4.25. The van der Waals surface area contributed by atoms with E-state index in [1.165, 1.54) is 0 Å². The Balaban J connectivity index is 1.67. The van der Waals surface area contributed by atoms with Gasteiger partial charge in [0.15, 0.2) is 17.5 Å². The van der Waals surface area contributed by atoms with E-state index in [0.717, 1.165) is 40.2 Å². The summed E-state index contributed by atoms with van der Waals surface area (Å²) in [6.45, 7) is 2.67. The fourth-order valence-electron chi connectivity index (χ4n) is 2.99. The van der Waals surface area contributed by atoms with Crippen LogP contribution in [0.25, 0.3) is 0 Å². The Kier molecular flexibility index (Phi) is 5.93. The zero-order valence-corrected chi connectivity index (χ0v) is 16.2. The maximum Gasteiger partial charge on any atom is 0.194 e. The molecule has 26 heavy (non-hydrogen) atoms. The van der Waals surface area contributed by atoms with Gasteiger partial charge < -0.3 is 24.3 Å². The number of halogens is 1. The van der Waals surface area contributed by atoms with E-state index in [4.69, 9.17) is 21.1 Å². The number of aromatic nitrogens is 1. The van der Waals surface area contributed by atoms with Gasteiger partial charge in [0.25, 0.3) is 0 Å². The van der Waals surface area contributed by atoms with Crippen LogP contribution in [-0.2, 0) is 20.1 Å². The smallest absolute Gasteiger partial charge is 0.194 e. The second-order valence-electron chi connectivity index (χ2n) is 6.31. The Hall–Kier alpha value is -2.34. The van der Waals surface area contributed by atoms with Gasteiger partial charge in [-0.05, 0) is 12.1 Å². The molecule has 7 heteroatoms. The van der Waals surface area contributed by atoms with Crippen molar-refractivity contribution in [1.82, 2.24) is 14.8 Å². The van der Waals surface area contributed by atoms with E-state index in [1.54, 1.807) is 7.05 Å². The lowest BCUT2D eigenvalue weighted by Gasteiger charge is -2.23. The van der Waals surface area contributed by atoms with Crippen molar-refractivity contribution in [2.75, 3.05) is 27.3 Å². The van der Waals surface area contributed by atoms with E-state index in [0.29, 0.717) is 26.3 Å². The lowest BCUT2D eigenvalue weighted by molar-refractivity contribution is 0.296. The predicted octanol–water partition coefficient (Wildman–Crippen LogP) is 3.05. The second kappa shape index (κ2) is 8.36. The highest BCUT2D eigenvalue weighted by Gasteiger charge is 2.16. The molecule has 0 saturated heterocycles. The summed E-state index contributed by atoms with van der Waals surface area (Å²) in [5, 5.41) is 4.14. The molecule has 0 radical (unpaired) electrons. The second-order valence-corrected chi connectivity index (χ2v) is 6.75. The highest BCUT2D eigenvalue weighted by atomic mass is 35.5. The minimum absolute atomic E-state index is 0.609. The third-order valence-corrected chi connectivity index (χ3v) is 4.54. The molecule has 0 aliphatic carbocycles. The van der Waals surface area contributed by atoms with Crippen LogP contribution in [0.3, 0.4) is 0 Å². The molecule has 0 atom stereocenters. The first-order chi connectivity index (χ1) is 12.6. The molecule has 0 amide bonds. The van der Waals surface area contributed by atoms with Gasteiger partial charge in [0.1, 0.15) is 0 Å². The maximum absolute atomic E-state index is 6.07. The summed E-state index contributed by atoms with van der Waals surface area (Å²) in [5.74, 6) is 2.43. The summed E-state index contributed by atoms with van der Waals surface area (Å²) >= 11 is 6.07. The molecule has 1 aliphatic heterocycles. The average molecular weight is 377 g/mol. The topological polar surface area (TPSA) is 51.0 Å². The van der Waals surface area contributed by atoms with Crippen LogP contribution in [0.15, 0.2) is 35.5 Å². The molecule has 0 bridgehead atoms. The number of hydrogen-bond donors (Lipinski definition) is 1. The quantitative estimate of drug-likeness (QED) is 0.658. The third-order valence-electron chi connectivity index (χ3n) is 4.34. The number of guanidine groups is 1. The summed E-state index contributed by atoms with van der Waals surface area (Å²) in [6.07, 6.45) is 2.79. The van der Waals surface area contributed by atoms with Crippen LogP contribution in [0, 0.1) is 0 Å². The van der Waals surface area contributed by atoms with Crippen LogP contribution in [0.5, 0.6) is 11.5 Å². The molecular formula is C19H25ClN4O2. The molecule has 0 unspecified atom stereocenters. The number of para-hydroxylation sites is 1. The Morgan fingerprint density at radius 2 is 2.15 bits per heavy atom. The van der Waals surface area contributed by atoms with Gasteiger partial charge in [0.2, 0.25) is 0 Å². The number of ether oxygens (including phenoxy) is 2. The standard InChI is InChI=1S/C19H25ClN4O2/c1-21-19(24(3)13-16-10-15(20)12-23(16)2)22-11-14-6-4-7-17-18(14)26-9-5-8-25-17/h4,6-7,10,12H,5,8-9,11,13H2,1-3H3,(H,21,22). The first-order valence-electron chi connectivity index (χ1n) is 8.68. The number of rotatable bonds is 4. The number of aliphatic imine (C=N–C) groups is 1. The Bertz CT molecular complexity index is 788. The van der Waals surface area contributed by atoms with Crippen LogP contribution >= 0.6 is 11.6 Å². The van der Waals surface area contributed by atoms with Crippen molar-refractivity contribution in [1.29, 1.82) is 0 Å². The molecule has 3 rings (SSSR count). The summed E-state index contributed by atoms with van der Waals surface area (Å²) in [6, 6.07) is 7.95. The minimum atomic E-state index is 0.609. The number of aryl methyl sites for hydroxylation is 1. The van der Waals surface area contributed by atoms with Crippen LogP contribution in [-0.4, -0.2) is 42.7 Å². The monoisotopic (exact) mass is 376 g/mol. The lowest BCUT2D eigenvalue weighted by Crippen LogP contribution is -2.38. The van der Waals surface area contributed by atoms with Crippen LogP contribution in [0.2, 0.25) is 5.02 Å². The van der Waals surface area contributed by atoms with Crippen molar-refractivity contribution in [2.24, 2.45) is 12.0 Å². The van der Waals surface area contributed by atoms with Crippen molar-refractivity contribution in [3.63, 3.8) is 0 Å². The minimum Gasteiger partial charge on any atom is -0.490 e. The molecule has 140 valence electrons. The Labute approximate surface area is 159 Å². The molecule has 1 aliphatic rings. The zero-order valence-electron chi connectivity index (χ0n) is 15.5. The van der Waals surface area contributed by atoms with Crippen molar-refractivity contribution in [2.45, 2.75) is 19.5 Å². The van der Waals surface area contributed by atoms with E-state index in [1.807, 2.05) is 49.1 Å².